The highest BCUT2D eigenvalue weighted by molar-refractivity contribution is 5.91. The molecule has 0 aliphatic carbocycles. The number of carboxylic acids is 1. The van der Waals surface area contributed by atoms with Gasteiger partial charge in [0, 0.05) is 32.0 Å². The quantitative estimate of drug-likeness (QED) is 0.786. The first kappa shape index (κ1) is 20.6. The molecule has 2 atom stereocenters. The van der Waals surface area contributed by atoms with Crippen LogP contribution in [0.25, 0.3) is 0 Å². The number of alkyl halides is 3. The summed E-state index contributed by atoms with van der Waals surface area (Å²) in [6, 6.07) is 5.28. The lowest BCUT2D eigenvalue weighted by molar-refractivity contribution is -0.192. The molecule has 0 bridgehead atoms. The molecule has 2 aliphatic rings. The number of hydrogen-bond acceptors (Lipinski definition) is 7. The van der Waals surface area contributed by atoms with Crippen LogP contribution in [-0.4, -0.2) is 76.4 Å². The highest BCUT2D eigenvalue weighted by Crippen LogP contribution is 2.26. The molecule has 0 radical (unpaired) electrons. The second-order valence-electron chi connectivity index (χ2n) is 6.21. The third kappa shape index (κ3) is 4.83. The third-order valence-electron chi connectivity index (χ3n) is 4.37. The Hall–Kier alpha value is -3.15. The Labute approximate surface area is 162 Å². The van der Waals surface area contributed by atoms with Crippen LogP contribution in [0.3, 0.4) is 0 Å². The van der Waals surface area contributed by atoms with Crippen molar-refractivity contribution in [1.82, 2.24) is 14.9 Å². The molecule has 0 aromatic carbocycles. The van der Waals surface area contributed by atoms with Crippen LogP contribution >= 0.6 is 0 Å². The number of furan rings is 1. The number of carbonyl (C=O) groups excluding carboxylic acids is 1. The van der Waals surface area contributed by atoms with E-state index in [1.54, 1.807) is 35.5 Å². The van der Waals surface area contributed by atoms with Crippen molar-refractivity contribution in [1.29, 1.82) is 0 Å². The lowest BCUT2D eigenvalue weighted by Gasteiger charge is -2.36. The molecular weight excluding hydrogens is 397 g/mol. The second-order valence-corrected chi connectivity index (χ2v) is 6.21. The summed E-state index contributed by atoms with van der Waals surface area (Å²) in [7, 11) is 0. The minimum Gasteiger partial charge on any atom is -0.475 e. The molecule has 0 spiro atoms. The zero-order valence-corrected chi connectivity index (χ0v) is 15.0. The van der Waals surface area contributed by atoms with Crippen molar-refractivity contribution in [3.8, 4) is 0 Å². The first-order valence-electron chi connectivity index (χ1n) is 8.55. The van der Waals surface area contributed by atoms with Gasteiger partial charge in [-0.05, 0) is 18.2 Å². The Morgan fingerprint density at radius 3 is 2.45 bits per heavy atom. The molecule has 4 rings (SSSR count). The number of anilines is 1. The Bertz CT molecular complexity index is 831. The molecule has 29 heavy (non-hydrogen) atoms. The van der Waals surface area contributed by atoms with Gasteiger partial charge in [-0.3, -0.25) is 4.79 Å². The van der Waals surface area contributed by atoms with Crippen molar-refractivity contribution in [2.75, 3.05) is 31.1 Å². The predicted octanol–water partition coefficient (Wildman–Crippen LogP) is 1.43. The highest BCUT2D eigenvalue weighted by Gasteiger charge is 2.43. The molecule has 2 aliphatic heterocycles. The Balaban J connectivity index is 0.000000298. The van der Waals surface area contributed by atoms with E-state index in [1.165, 1.54) is 6.26 Å². The van der Waals surface area contributed by atoms with E-state index >= 15 is 0 Å². The van der Waals surface area contributed by atoms with Gasteiger partial charge in [0.25, 0.3) is 5.91 Å². The molecule has 9 nitrogen and oxygen atoms in total. The van der Waals surface area contributed by atoms with Crippen LogP contribution in [0.15, 0.2) is 41.3 Å². The van der Waals surface area contributed by atoms with Crippen LogP contribution in [-0.2, 0) is 9.53 Å². The number of ether oxygens (including phenoxy) is 1. The second kappa shape index (κ2) is 8.47. The van der Waals surface area contributed by atoms with Crippen molar-refractivity contribution in [2.45, 2.75) is 18.3 Å². The SMILES string of the molecule is O=C(O)C(F)(F)F.O=C(c1ccco1)N1C[C@@H]2OCCN(c3ncccn3)[C@@H]2C1. The number of halogens is 3. The molecule has 2 fully saturated rings. The van der Waals surface area contributed by atoms with E-state index in [9.17, 15) is 18.0 Å². The Morgan fingerprint density at radius 2 is 1.86 bits per heavy atom. The number of fused-ring (bicyclic) bond motifs is 1. The molecule has 1 amide bonds. The van der Waals surface area contributed by atoms with Crippen molar-refractivity contribution < 1.29 is 37.0 Å². The summed E-state index contributed by atoms with van der Waals surface area (Å²) in [5.74, 6) is -1.81. The van der Waals surface area contributed by atoms with E-state index in [0.717, 1.165) is 6.54 Å². The van der Waals surface area contributed by atoms with Crippen LogP contribution in [0.1, 0.15) is 10.6 Å². The molecular formula is C17H17F3N4O5. The van der Waals surface area contributed by atoms with Crippen LogP contribution in [0, 0.1) is 0 Å². The van der Waals surface area contributed by atoms with E-state index in [1.807, 2.05) is 0 Å². The average Bonchev–Trinajstić information content (AvgIpc) is 3.37. The molecule has 2 saturated heterocycles. The van der Waals surface area contributed by atoms with Gasteiger partial charge in [0.15, 0.2) is 5.76 Å². The fraction of sp³-hybridized carbons (Fsp3) is 0.412. The number of amides is 1. The minimum absolute atomic E-state index is 0.0172. The van der Waals surface area contributed by atoms with Crippen molar-refractivity contribution in [2.24, 2.45) is 0 Å². The van der Waals surface area contributed by atoms with Gasteiger partial charge in [0.1, 0.15) is 0 Å². The Kier molecular flexibility index (Phi) is 6.01. The Morgan fingerprint density at radius 1 is 1.17 bits per heavy atom. The van der Waals surface area contributed by atoms with Gasteiger partial charge in [-0.15, -0.1) is 0 Å². The minimum atomic E-state index is -5.08. The van der Waals surface area contributed by atoms with Crippen molar-refractivity contribution >= 4 is 17.8 Å². The van der Waals surface area contributed by atoms with E-state index in [4.69, 9.17) is 19.1 Å². The normalized spacial score (nSPS) is 21.2. The smallest absolute Gasteiger partial charge is 0.475 e. The summed E-state index contributed by atoms with van der Waals surface area (Å²) in [5, 5.41) is 7.12. The number of carboxylic acid groups (broad SMARTS) is 1. The van der Waals surface area contributed by atoms with Crippen molar-refractivity contribution in [3.63, 3.8) is 0 Å². The van der Waals surface area contributed by atoms with Gasteiger partial charge in [0.2, 0.25) is 5.95 Å². The third-order valence-corrected chi connectivity index (χ3v) is 4.37. The molecule has 12 heteroatoms. The van der Waals surface area contributed by atoms with Crippen LogP contribution in [0.2, 0.25) is 0 Å². The number of nitrogens with zero attached hydrogens (tertiary/aromatic N) is 4. The number of rotatable bonds is 2. The standard InChI is InChI=1S/C15H16N4O3.C2HF3O2/c20-14(12-3-1-7-21-12)18-9-11-13(10-18)22-8-6-19(11)15-16-4-2-5-17-15;3-2(4,5)1(6)7/h1-5,7,11,13H,6,8-10H2;(H,6,7)/t11-,13+;/m1./s1. The summed E-state index contributed by atoms with van der Waals surface area (Å²) in [5.41, 5.74) is 0. The first-order chi connectivity index (χ1) is 13.8. The molecule has 0 saturated carbocycles. The summed E-state index contributed by atoms with van der Waals surface area (Å²) >= 11 is 0. The average molecular weight is 414 g/mol. The molecule has 1 N–H and O–H groups in total. The summed E-state index contributed by atoms with van der Waals surface area (Å²) < 4.78 is 42.8. The summed E-state index contributed by atoms with van der Waals surface area (Å²) in [4.78, 5) is 33.9. The van der Waals surface area contributed by atoms with Gasteiger partial charge >= 0.3 is 12.1 Å². The zero-order valence-electron chi connectivity index (χ0n) is 15.0. The molecule has 156 valence electrons. The van der Waals surface area contributed by atoms with Gasteiger partial charge in [-0.2, -0.15) is 13.2 Å². The monoisotopic (exact) mass is 414 g/mol. The van der Waals surface area contributed by atoms with E-state index in [-0.39, 0.29) is 18.1 Å². The van der Waals surface area contributed by atoms with Gasteiger partial charge in [0.05, 0.1) is 25.0 Å². The summed E-state index contributed by atoms with van der Waals surface area (Å²) in [6.07, 6.45) is -0.130. The highest BCUT2D eigenvalue weighted by atomic mass is 19.4. The summed E-state index contributed by atoms with van der Waals surface area (Å²) in [6.45, 7) is 2.49. The zero-order chi connectivity index (χ0) is 21.0. The lowest BCUT2D eigenvalue weighted by atomic mass is 10.1. The molecule has 2 aromatic rings. The predicted molar refractivity (Wildman–Crippen MR) is 91.2 cm³/mol. The van der Waals surface area contributed by atoms with Gasteiger partial charge < -0.3 is 24.1 Å². The van der Waals surface area contributed by atoms with E-state index in [2.05, 4.69) is 14.9 Å². The largest absolute Gasteiger partial charge is 0.490 e. The van der Waals surface area contributed by atoms with E-state index < -0.39 is 12.1 Å². The molecule has 2 aromatic heterocycles. The number of morpholine rings is 1. The van der Waals surface area contributed by atoms with E-state index in [0.29, 0.717) is 31.4 Å². The van der Waals surface area contributed by atoms with Gasteiger partial charge in [-0.1, -0.05) is 0 Å². The molecule has 0 unspecified atom stereocenters. The topological polar surface area (TPSA) is 109 Å². The number of likely N-dealkylation sites (tertiary alicyclic amines) is 1. The maximum atomic E-state index is 12.4. The van der Waals surface area contributed by atoms with Crippen LogP contribution in [0.4, 0.5) is 19.1 Å². The van der Waals surface area contributed by atoms with Crippen molar-refractivity contribution in [3.05, 3.63) is 42.6 Å². The number of carbonyl (C=O) groups is 2. The number of aliphatic carboxylic acids is 1. The number of aromatic nitrogens is 2. The van der Waals surface area contributed by atoms with Gasteiger partial charge in [-0.25, -0.2) is 14.8 Å². The van der Waals surface area contributed by atoms with Crippen LogP contribution in [0.5, 0.6) is 0 Å². The number of hydrogen-bond donors (Lipinski definition) is 1. The fourth-order valence-corrected chi connectivity index (χ4v) is 3.10. The maximum absolute atomic E-state index is 12.4. The fourth-order valence-electron chi connectivity index (χ4n) is 3.10. The lowest BCUT2D eigenvalue weighted by Crippen LogP contribution is -2.51. The van der Waals surface area contributed by atoms with Crippen LogP contribution < -0.4 is 4.90 Å². The molecule has 4 heterocycles. The first-order valence-corrected chi connectivity index (χ1v) is 8.55. The maximum Gasteiger partial charge on any atom is 0.490 e.